The van der Waals surface area contributed by atoms with Crippen molar-refractivity contribution < 1.29 is 13.9 Å². The molecule has 0 bridgehead atoms. The first-order valence-electron chi connectivity index (χ1n) is 12.5. The predicted octanol–water partition coefficient (Wildman–Crippen LogP) is 5.51. The molecule has 2 N–H and O–H groups in total. The Labute approximate surface area is 215 Å². The summed E-state index contributed by atoms with van der Waals surface area (Å²) in [6.45, 7) is 9.56. The molecule has 1 saturated heterocycles. The van der Waals surface area contributed by atoms with Crippen LogP contribution in [0, 0.1) is 5.82 Å². The maximum atomic E-state index is 15.1. The number of hydrogen-bond acceptors (Lipinski definition) is 6. The number of anilines is 2. The van der Waals surface area contributed by atoms with E-state index in [-0.39, 0.29) is 11.2 Å². The van der Waals surface area contributed by atoms with Gasteiger partial charge in [-0.3, -0.25) is 4.79 Å². The Morgan fingerprint density at radius 2 is 1.81 bits per heavy atom. The third-order valence-electron chi connectivity index (χ3n) is 7.32. The van der Waals surface area contributed by atoms with E-state index in [9.17, 15) is 4.79 Å². The van der Waals surface area contributed by atoms with Crippen molar-refractivity contribution in [2.75, 3.05) is 29.4 Å². The Balaban J connectivity index is 1.34. The van der Waals surface area contributed by atoms with Crippen molar-refractivity contribution in [2.45, 2.75) is 57.6 Å². The van der Waals surface area contributed by atoms with Crippen molar-refractivity contribution in [2.24, 2.45) is 5.73 Å². The Morgan fingerprint density at radius 3 is 2.44 bits per heavy atom. The van der Waals surface area contributed by atoms with E-state index in [0.717, 1.165) is 49.7 Å². The number of amides is 1. The van der Waals surface area contributed by atoms with Gasteiger partial charge >= 0.3 is 0 Å². The van der Waals surface area contributed by atoms with Crippen LogP contribution >= 0.6 is 11.3 Å². The van der Waals surface area contributed by atoms with E-state index in [1.807, 2.05) is 6.07 Å². The molecule has 190 valence electrons. The number of primary amides is 1. The maximum absolute atomic E-state index is 15.1. The van der Waals surface area contributed by atoms with Crippen LogP contribution in [0.25, 0.3) is 0 Å². The van der Waals surface area contributed by atoms with Gasteiger partial charge < -0.3 is 20.3 Å². The number of thiazole rings is 1. The summed E-state index contributed by atoms with van der Waals surface area (Å²) in [5.41, 5.74) is 8.35. The zero-order chi connectivity index (χ0) is 25.5. The highest BCUT2D eigenvalue weighted by Gasteiger charge is 2.41. The molecule has 1 fully saturated rings. The molecule has 0 radical (unpaired) electrons. The minimum atomic E-state index is -0.459. The molecule has 5 rings (SSSR count). The molecule has 36 heavy (non-hydrogen) atoms. The van der Waals surface area contributed by atoms with E-state index in [4.69, 9.17) is 10.5 Å². The molecule has 1 spiro atoms. The van der Waals surface area contributed by atoms with Crippen molar-refractivity contribution in [3.8, 4) is 5.75 Å². The molecule has 6 nitrogen and oxygen atoms in total. The third kappa shape index (κ3) is 4.91. The molecule has 0 aliphatic carbocycles. The van der Waals surface area contributed by atoms with E-state index in [0.29, 0.717) is 17.2 Å². The molecule has 0 unspecified atom stereocenters. The summed E-state index contributed by atoms with van der Waals surface area (Å²) in [6.07, 6.45) is 3.84. The average Bonchev–Trinajstić information content (AvgIpc) is 3.29. The largest absolute Gasteiger partial charge is 0.482 e. The van der Waals surface area contributed by atoms with Crippen LogP contribution in [0.3, 0.4) is 0 Å². The lowest BCUT2D eigenvalue weighted by atomic mass is 9.86. The molecule has 8 heteroatoms. The lowest BCUT2D eigenvalue weighted by molar-refractivity contribution is 0.0375. The van der Waals surface area contributed by atoms with Gasteiger partial charge in [0.2, 0.25) is 0 Å². The number of para-hydroxylation sites is 1. The number of aromatic nitrogens is 1. The number of carbonyl (C=O) groups is 1. The monoisotopic (exact) mass is 508 g/mol. The summed E-state index contributed by atoms with van der Waals surface area (Å²) in [5, 5.41) is 0.791. The van der Waals surface area contributed by atoms with E-state index in [1.54, 1.807) is 6.07 Å². The molecule has 3 heterocycles. The molecule has 0 saturated carbocycles. The summed E-state index contributed by atoms with van der Waals surface area (Å²) in [4.78, 5) is 20.7. The molecular formula is C28H33FN4O2S. The van der Waals surface area contributed by atoms with Gasteiger partial charge in [-0.2, -0.15) is 0 Å². The second-order valence-electron chi connectivity index (χ2n) is 10.9. The summed E-state index contributed by atoms with van der Waals surface area (Å²) >= 11 is 1.31. The Morgan fingerprint density at radius 1 is 1.11 bits per heavy atom. The smallest absolute Gasteiger partial charge is 0.260 e. The molecule has 2 aromatic carbocycles. The molecule has 1 amide bonds. The van der Waals surface area contributed by atoms with Crippen molar-refractivity contribution in [3.63, 3.8) is 0 Å². The molecule has 2 aliphatic heterocycles. The van der Waals surface area contributed by atoms with E-state index in [2.05, 4.69) is 59.8 Å². The fourth-order valence-corrected chi connectivity index (χ4v) is 5.87. The van der Waals surface area contributed by atoms with Crippen molar-refractivity contribution in [3.05, 3.63) is 70.5 Å². The van der Waals surface area contributed by atoms with Gasteiger partial charge in [0.05, 0.1) is 11.9 Å². The standard InChI is InChI=1S/C28H33FN4O2S/c1-27(2,3)20-9-7-19(8-10-20)18-33-16-13-28(35-24-21(29)5-4-6-22(24)33)11-14-32(15-12-28)26-31-17-23(36-26)25(30)34/h4-10,17H,11-16,18H2,1-3H3,(H2,30,34). The molecule has 0 atom stereocenters. The normalized spacial score (nSPS) is 17.4. The quantitative estimate of drug-likeness (QED) is 0.503. The average molecular weight is 509 g/mol. The van der Waals surface area contributed by atoms with Gasteiger partial charge in [0.15, 0.2) is 16.7 Å². The minimum Gasteiger partial charge on any atom is -0.482 e. The molecular weight excluding hydrogens is 475 g/mol. The van der Waals surface area contributed by atoms with Crippen LogP contribution in [-0.2, 0) is 12.0 Å². The predicted molar refractivity (Wildman–Crippen MR) is 143 cm³/mol. The van der Waals surface area contributed by atoms with Crippen LogP contribution in [0.1, 0.15) is 60.8 Å². The van der Waals surface area contributed by atoms with Crippen molar-refractivity contribution in [1.29, 1.82) is 0 Å². The van der Waals surface area contributed by atoms with E-state index < -0.39 is 11.5 Å². The van der Waals surface area contributed by atoms with E-state index >= 15 is 4.39 Å². The van der Waals surface area contributed by atoms with Gasteiger partial charge in [-0.05, 0) is 28.7 Å². The Bertz CT molecular complexity index is 1240. The fraction of sp³-hybridized carbons (Fsp3) is 0.429. The van der Waals surface area contributed by atoms with Gasteiger partial charge in [0.1, 0.15) is 10.5 Å². The Kier molecular flexibility index (Phi) is 6.41. The first-order valence-corrected chi connectivity index (χ1v) is 13.3. The van der Waals surface area contributed by atoms with Gasteiger partial charge in [0, 0.05) is 45.4 Å². The van der Waals surface area contributed by atoms with Crippen LogP contribution in [-0.4, -0.2) is 36.1 Å². The first kappa shape index (κ1) is 24.6. The van der Waals surface area contributed by atoms with Gasteiger partial charge in [-0.25, -0.2) is 9.37 Å². The number of hydrogen-bond donors (Lipinski definition) is 1. The highest BCUT2D eigenvalue weighted by atomic mass is 32.1. The number of piperidine rings is 1. The highest BCUT2D eigenvalue weighted by Crippen LogP contribution is 2.43. The summed E-state index contributed by atoms with van der Waals surface area (Å²) in [6, 6.07) is 13.9. The number of fused-ring (bicyclic) bond motifs is 1. The zero-order valence-electron chi connectivity index (χ0n) is 21.1. The number of nitrogens with zero attached hydrogens (tertiary/aromatic N) is 3. The highest BCUT2D eigenvalue weighted by molar-refractivity contribution is 7.17. The number of carbonyl (C=O) groups excluding carboxylic acids is 1. The summed E-state index contributed by atoms with van der Waals surface area (Å²) in [5.74, 6) is -0.435. The van der Waals surface area contributed by atoms with Crippen molar-refractivity contribution in [1.82, 2.24) is 4.98 Å². The van der Waals surface area contributed by atoms with Crippen molar-refractivity contribution >= 4 is 28.1 Å². The minimum absolute atomic E-state index is 0.103. The van der Waals surface area contributed by atoms with Crippen LogP contribution in [0.15, 0.2) is 48.7 Å². The van der Waals surface area contributed by atoms with Crippen LogP contribution < -0.4 is 20.3 Å². The lowest BCUT2D eigenvalue weighted by Crippen LogP contribution is -2.48. The number of benzene rings is 2. The number of nitrogens with two attached hydrogens (primary N) is 1. The number of ether oxygens (including phenoxy) is 1. The van der Waals surface area contributed by atoms with Crippen LogP contribution in [0.2, 0.25) is 0 Å². The van der Waals surface area contributed by atoms with E-state index in [1.165, 1.54) is 34.7 Å². The van der Waals surface area contributed by atoms with Crippen LogP contribution in [0.5, 0.6) is 5.75 Å². The Hall–Kier alpha value is -3.13. The SMILES string of the molecule is CC(C)(C)c1ccc(CN2CCC3(CCN(c4ncc(C(N)=O)s4)CC3)Oc3c(F)cccc32)cc1. The lowest BCUT2D eigenvalue weighted by Gasteiger charge is -2.41. The number of halogens is 1. The first-order chi connectivity index (χ1) is 17.1. The number of rotatable bonds is 4. The fourth-order valence-electron chi connectivity index (χ4n) is 5.05. The topological polar surface area (TPSA) is 71.7 Å². The summed E-state index contributed by atoms with van der Waals surface area (Å²) < 4.78 is 21.6. The third-order valence-corrected chi connectivity index (χ3v) is 8.39. The van der Waals surface area contributed by atoms with Crippen LogP contribution in [0.4, 0.5) is 15.2 Å². The second-order valence-corrected chi connectivity index (χ2v) is 11.9. The van der Waals surface area contributed by atoms with Gasteiger partial charge in [-0.15, -0.1) is 0 Å². The van der Waals surface area contributed by atoms with Gasteiger partial charge in [-0.1, -0.05) is 62.4 Å². The maximum Gasteiger partial charge on any atom is 0.260 e. The summed E-state index contributed by atoms with van der Waals surface area (Å²) in [7, 11) is 0. The zero-order valence-corrected chi connectivity index (χ0v) is 21.9. The molecule has 2 aliphatic rings. The second kappa shape index (κ2) is 9.39. The van der Waals surface area contributed by atoms with Gasteiger partial charge in [0.25, 0.3) is 5.91 Å². The molecule has 1 aromatic heterocycles. The molecule has 3 aromatic rings.